The third-order valence-corrected chi connectivity index (χ3v) is 6.09. The summed E-state index contributed by atoms with van der Waals surface area (Å²) in [6.45, 7) is 1.44. The Kier molecular flexibility index (Phi) is 7.74. The van der Waals surface area contributed by atoms with E-state index in [2.05, 4.69) is 5.32 Å². The molecule has 2 aromatic rings. The lowest BCUT2D eigenvalue weighted by Gasteiger charge is -2.42. The predicted molar refractivity (Wildman–Crippen MR) is 112 cm³/mol. The Morgan fingerprint density at radius 2 is 1.93 bits per heavy atom. The van der Waals surface area contributed by atoms with Crippen LogP contribution in [-0.4, -0.2) is 70.0 Å². The lowest BCUT2D eigenvalue weighted by Crippen LogP contribution is -2.63. The average molecular weight is 422 g/mol. The van der Waals surface area contributed by atoms with Crippen molar-refractivity contribution in [2.24, 2.45) is 0 Å². The van der Waals surface area contributed by atoms with Crippen molar-refractivity contribution >= 4 is 28.4 Å². The Bertz CT molecular complexity index is 813. The van der Waals surface area contributed by atoms with Crippen LogP contribution in [0, 0.1) is 0 Å². The molecule has 1 aliphatic heterocycles. The van der Waals surface area contributed by atoms with Crippen LogP contribution >= 0.6 is 11.8 Å². The molecule has 7 nitrogen and oxygen atoms in total. The van der Waals surface area contributed by atoms with Gasteiger partial charge >= 0.3 is 0 Å². The van der Waals surface area contributed by atoms with Crippen LogP contribution in [0.2, 0.25) is 0 Å². The number of hydrogen-bond donors (Lipinski definition) is 4. The second-order valence-corrected chi connectivity index (χ2v) is 8.19. The molecule has 5 atom stereocenters. The first-order valence-electron chi connectivity index (χ1n) is 9.63. The number of aliphatic hydroxyl groups excluding tert-OH is 3. The second-order valence-electron chi connectivity index (χ2n) is 6.98. The van der Waals surface area contributed by atoms with E-state index in [0.717, 1.165) is 22.9 Å². The molecule has 0 spiro atoms. The molecule has 1 saturated heterocycles. The topological polar surface area (TPSA) is 108 Å². The van der Waals surface area contributed by atoms with Gasteiger partial charge in [0.1, 0.15) is 29.5 Å². The van der Waals surface area contributed by atoms with Crippen LogP contribution < -0.4 is 10.1 Å². The van der Waals surface area contributed by atoms with E-state index < -0.39 is 36.4 Å². The summed E-state index contributed by atoms with van der Waals surface area (Å²) in [6.07, 6.45) is -2.64. The summed E-state index contributed by atoms with van der Waals surface area (Å²) in [6, 6.07) is 13.2. The number of nitrogens with one attached hydrogen (secondary N) is 1. The molecule has 1 heterocycles. The van der Waals surface area contributed by atoms with Gasteiger partial charge in [0, 0.05) is 12.3 Å². The zero-order valence-corrected chi connectivity index (χ0v) is 17.0. The minimum atomic E-state index is -1.26. The largest absolute Gasteiger partial charge is 0.493 e. The summed E-state index contributed by atoms with van der Waals surface area (Å²) in [5.74, 6) is 1.17. The normalized spacial score (nSPS) is 27.0. The summed E-state index contributed by atoms with van der Waals surface area (Å²) in [5, 5.41) is 34.6. The maximum Gasteiger partial charge on any atom is 0.217 e. The first kappa shape index (κ1) is 21.9. The molecule has 3 rings (SSSR count). The minimum absolute atomic E-state index is 0.322. The third-order valence-electron chi connectivity index (χ3n) is 4.83. The van der Waals surface area contributed by atoms with Gasteiger partial charge in [-0.3, -0.25) is 4.79 Å². The van der Waals surface area contributed by atoms with Crippen molar-refractivity contribution in [1.29, 1.82) is 0 Å². The standard InChI is InChI=1S/C21H27NO6S/c1-13(24)22-18-20(26)19(25)17(12-23)28-21(18)29-11-5-10-27-16-9-4-7-14-6-2-3-8-15(14)16/h2-4,6-9,17-21,23,25-26H,5,10-12H2,1H3,(H,22,24)/t17-,18-,19-,20-,21+/m1/s1. The zero-order chi connectivity index (χ0) is 20.8. The fourth-order valence-electron chi connectivity index (χ4n) is 3.37. The number of ether oxygens (including phenoxy) is 2. The Morgan fingerprint density at radius 3 is 2.69 bits per heavy atom. The maximum atomic E-state index is 11.5. The van der Waals surface area contributed by atoms with Crippen molar-refractivity contribution < 1.29 is 29.6 Å². The predicted octanol–water partition coefficient (Wildman–Crippen LogP) is 1.29. The van der Waals surface area contributed by atoms with Gasteiger partial charge in [-0.25, -0.2) is 0 Å². The molecule has 0 unspecified atom stereocenters. The van der Waals surface area contributed by atoms with Gasteiger partial charge in [0.05, 0.1) is 19.3 Å². The number of hydrogen-bond acceptors (Lipinski definition) is 7. The number of thioether (sulfide) groups is 1. The second kappa shape index (κ2) is 10.3. The van der Waals surface area contributed by atoms with Crippen LogP contribution in [0.15, 0.2) is 42.5 Å². The van der Waals surface area contributed by atoms with Crippen LogP contribution in [0.1, 0.15) is 13.3 Å². The monoisotopic (exact) mass is 421 g/mol. The molecular weight excluding hydrogens is 394 g/mol. The molecule has 8 heteroatoms. The van der Waals surface area contributed by atoms with Crippen LogP contribution in [0.5, 0.6) is 5.75 Å². The molecule has 158 valence electrons. The zero-order valence-electron chi connectivity index (χ0n) is 16.2. The molecule has 1 aliphatic rings. The fourth-order valence-corrected chi connectivity index (χ4v) is 4.55. The summed E-state index contributed by atoms with van der Waals surface area (Å²) < 4.78 is 11.6. The van der Waals surface area contributed by atoms with E-state index in [9.17, 15) is 20.1 Å². The van der Waals surface area contributed by atoms with Gasteiger partial charge in [0.2, 0.25) is 5.91 Å². The molecule has 29 heavy (non-hydrogen) atoms. The molecule has 1 fully saturated rings. The Balaban J connectivity index is 1.53. The minimum Gasteiger partial charge on any atom is -0.493 e. The van der Waals surface area contributed by atoms with E-state index in [4.69, 9.17) is 9.47 Å². The van der Waals surface area contributed by atoms with Gasteiger partial charge in [0.25, 0.3) is 0 Å². The smallest absolute Gasteiger partial charge is 0.217 e. The number of fused-ring (bicyclic) bond motifs is 1. The van der Waals surface area contributed by atoms with Crippen molar-refractivity contribution in [2.45, 2.75) is 43.1 Å². The van der Waals surface area contributed by atoms with Gasteiger partial charge < -0.3 is 30.1 Å². The van der Waals surface area contributed by atoms with Crippen molar-refractivity contribution in [3.8, 4) is 5.75 Å². The molecule has 1 amide bonds. The Morgan fingerprint density at radius 1 is 1.17 bits per heavy atom. The van der Waals surface area contributed by atoms with Gasteiger partial charge in [-0.1, -0.05) is 36.4 Å². The van der Waals surface area contributed by atoms with E-state index in [1.54, 1.807) is 0 Å². The Hall–Kier alpha value is -1.84. The lowest BCUT2D eigenvalue weighted by atomic mass is 9.98. The molecule has 0 bridgehead atoms. The van der Waals surface area contributed by atoms with E-state index in [1.165, 1.54) is 18.7 Å². The first-order chi connectivity index (χ1) is 14.0. The van der Waals surface area contributed by atoms with Crippen LogP contribution in [0.4, 0.5) is 0 Å². The highest BCUT2D eigenvalue weighted by atomic mass is 32.2. The van der Waals surface area contributed by atoms with Crippen molar-refractivity contribution in [3.05, 3.63) is 42.5 Å². The van der Waals surface area contributed by atoms with Crippen LogP contribution in [0.25, 0.3) is 10.8 Å². The SMILES string of the molecule is CC(=O)N[C@@H]1[C@@H](O)[C@H](O)[C@@H](CO)O[C@H]1SCCCOc1cccc2ccccc12. The average Bonchev–Trinajstić information content (AvgIpc) is 2.72. The maximum absolute atomic E-state index is 11.5. The molecule has 0 aliphatic carbocycles. The van der Waals surface area contributed by atoms with Gasteiger partial charge in [-0.2, -0.15) is 0 Å². The molecule has 4 N–H and O–H groups in total. The van der Waals surface area contributed by atoms with Gasteiger partial charge in [-0.15, -0.1) is 11.8 Å². The number of carbonyl (C=O) groups is 1. The molecular formula is C21H27NO6S. The summed E-state index contributed by atoms with van der Waals surface area (Å²) in [5.41, 5.74) is -0.577. The van der Waals surface area contributed by atoms with E-state index in [1.807, 2.05) is 42.5 Å². The Labute approximate surface area is 174 Å². The highest BCUT2D eigenvalue weighted by Crippen LogP contribution is 2.29. The van der Waals surface area contributed by atoms with Gasteiger partial charge in [-0.05, 0) is 23.6 Å². The third kappa shape index (κ3) is 5.40. The van der Waals surface area contributed by atoms with Crippen molar-refractivity contribution in [2.75, 3.05) is 19.0 Å². The van der Waals surface area contributed by atoms with Gasteiger partial charge in [0.15, 0.2) is 0 Å². The fraction of sp³-hybridized carbons (Fsp3) is 0.476. The number of benzene rings is 2. The molecule has 0 aromatic heterocycles. The quantitative estimate of drug-likeness (QED) is 0.476. The van der Waals surface area contributed by atoms with Crippen LogP contribution in [-0.2, 0) is 9.53 Å². The van der Waals surface area contributed by atoms with E-state index >= 15 is 0 Å². The lowest BCUT2D eigenvalue weighted by molar-refractivity contribution is -0.173. The van der Waals surface area contributed by atoms with Crippen molar-refractivity contribution in [3.63, 3.8) is 0 Å². The summed E-state index contributed by atoms with van der Waals surface area (Å²) in [4.78, 5) is 11.5. The van der Waals surface area contributed by atoms with Crippen LogP contribution in [0.3, 0.4) is 0 Å². The van der Waals surface area contributed by atoms with E-state index in [0.29, 0.717) is 12.4 Å². The molecule has 2 aromatic carbocycles. The molecule has 0 saturated carbocycles. The highest BCUT2D eigenvalue weighted by molar-refractivity contribution is 7.99. The molecule has 0 radical (unpaired) electrons. The number of rotatable bonds is 8. The summed E-state index contributed by atoms with van der Waals surface area (Å²) >= 11 is 1.41. The summed E-state index contributed by atoms with van der Waals surface area (Å²) in [7, 11) is 0. The van der Waals surface area contributed by atoms with Crippen molar-refractivity contribution in [1.82, 2.24) is 5.32 Å². The number of carbonyl (C=O) groups excluding carboxylic acids is 1. The van der Waals surface area contributed by atoms with E-state index in [-0.39, 0.29) is 5.91 Å². The highest BCUT2D eigenvalue weighted by Gasteiger charge is 2.44. The first-order valence-corrected chi connectivity index (χ1v) is 10.7. The number of amides is 1. The number of aliphatic hydroxyl groups is 3.